The molecule has 4 aromatic rings. The third-order valence-corrected chi connectivity index (χ3v) is 6.61. The Morgan fingerprint density at radius 2 is 1.92 bits per heavy atom. The van der Waals surface area contributed by atoms with Gasteiger partial charge in [0.2, 0.25) is 0 Å². The summed E-state index contributed by atoms with van der Waals surface area (Å²) in [5.41, 5.74) is 3.12. The fourth-order valence-electron chi connectivity index (χ4n) is 4.50. The van der Waals surface area contributed by atoms with E-state index in [1.807, 2.05) is 24.3 Å². The molecule has 9 heteroatoms. The molecule has 1 atom stereocenters. The lowest BCUT2D eigenvalue weighted by Gasteiger charge is -2.24. The zero-order valence-electron chi connectivity index (χ0n) is 22.2. The number of nitro groups is 1. The first kappa shape index (κ1) is 27.5. The van der Waals surface area contributed by atoms with Gasteiger partial charge in [0.1, 0.15) is 11.6 Å². The topological polar surface area (TPSA) is 97.6 Å². The van der Waals surface area contributed by atoms with Gasteiger partial charge in [0.05, 0.1) is 23.2 Å². The zero-order chi connectivity index (χ0) is 27.9. The normalized spacial score (nSPS) is 11.7. The number of halogens is 1. The molecule has 0 aliphatic rings. The SMILES string of the molecule is COc1cc(NC(C)CCCN(Cc2ccc(F)cc2)C(=O)c2ccc(C)c([N+](=O)[O-])c2)c2ncccc2c1. The molecule has 0 fully saturated rings. The van der Waals surface area contributed by atoms with Crippen LogP contribution in [0.3, 0.4) is 0 Å². The van der Waals surface area contributed by atoms with Crippen molar-refractivity contribution >= 4 is 28.2 Å². The number of methoxy groups -OCH3 is 1. The van der Waals surface area contributed by atoms with Crippen molar-refractivity contribution in [2.75, 3.05) is 19.0 Å². The largest absolute Gasteiger partial charge is 0.497 e. The van der Waals surface area contributed by atoms with Crippen molar-refractivity contribution in [3.05, 3.63) is 106 Å². The number of rotatable bonds is 11. The maximum absolute atomic E-state index is 13.5. The number of nitrogens with zero attached hydrogens (tertiary/aromatic N) is 3. The number of carbonyl (C=O) groups excluding carboxylic acids is 1. The van der Waals surface area contributed by atoms with Gasteiger partial charge in [-0.1, -0.05) is 24.3 Å². The highest BCUT2D eigenvalue weighted by atomic mass is 19.1. The molecule has 0 saturated heterocycles. The van der Waals surface area contributed by atoms with E-state index in [9.17, 15) is 19.3 Å². The van der Waals surface area contributed by atoms with E-state index in [4.69, 9.17) is 4.74 Å². The van der Waals surface area contributed by atoms with Gasteiger partial charge in [-0.25, -0.2) is 4.39 Å². The van der Waals surface area contributed by atoms with Gasteiger partial charge >= 0.3 is 0 Å². The van der Waals surface area contributed by atoms with Gasteiger partial charge < -0.3 is 15.0 Å². The van der Waals surface area contributed by atoms with E-state index in [-0.39, 0.29) is 35.6 Å². The summed E-state index contributed by atoms with van der Waals surface area (Å²) in [6.07, 6.45) is 3.16. The molecular weight excluding hydrogens is 499 g/mol. The highest BCUT2D eigenvalue weighted by Crippen LogP contribution is 2.29. The number of hydrogen-bond donors (Lipinski definition) is 1. The minimum absolute atomic E-state index is 0.0607. The monoisotopic (exact) mass is 530 g/mol. The number of hydrogen-bond acceptors (Lipinski definition) is 6. The Labute approximate surface area is 226 Å². The number of amides is 1. The highest BCUT2D eigenvalue weighted by molar-refractivity contribution is 5.95. The van der Waals surface area contributed by atoms with Crippen molar-refractivity contribution in [1.82, 2.24) is 9.88 Å². The molecule has 0 bridgehead atoms. The smallest absolute Gasteiger partial charge is 0.273 e. The van der Waals surface area contributed by atoms with Crippen LogP contribution in [0.15, 0.2) is 72.9 Å². The van der Waals surface area contributed by atoms with E-state index in [1.54, 1.807) is 49.4 Å². The summed E-state index contributed by atoms with van der Waals surface area (Å²) < 4.78 is 18.9. The lowest BCUT2D eigenvalue weighted by molar-refractivity contribution is -0.385. The van der Waals surface area contributed by atoms with Gasteiger partial charge in [0, 0.05) is 54.0 Å². The Morgan fingerprint density at radius 1 is 1.15 bits per heavy atom. The molecule has 4 rings (SSSR count). The molecule has 0 radical (unpaired) electrons. The van der Waals surface area contributed by atoms with Crippen molar-refractivity contribution in [2.24, 2.45) is 0 Å². The average Bonchev–Trinajstić information content (AvgIpc) is 2.93. The van der Waals surface area contributed by atoms with E-state index in [0.29, 0.717) is 18.5 Å². The second kappa shape index (κ2) is 12.3. The van der Waals surface area contributed by atoms with Gasteiger partial charge in [0.15, 0.2) is 0 Å². The molecule has 1 heterocycles. The molecule has 1 amide bonds. The van der Waals surface area contributed by atoms with Crippen LogP contribution in [-0.4, -0.2) is 40.4 Å². The van der Waals surface area contributed by atoms with Crippen LogP contribution in [0, 0.1) is 22.9 Å². The van der Waals surface area contributed by atoms with Gasteiger partial charge in [-0.3, -0.25) is 19.9 Å². The summed E-state index contributed by atoms with van der Waals surface area (Å²) >= 11 is 0. The number of pyridine rings is 1. The van der Waals surface area contributed by atoms with Gasteiger partial charge in [-0.05, 0) is 62.6 Å². The first-order chi connectivity index (χ1) is 18.7. The van der Waals surface area contributed by atoms with E-state index in [0.717, 1.165) is 34.3 Å². The van der Waals surface area contributed by atoms with E-state index < -0.39 is 4.92 Å². The molecule has 202 valence electrons. The quantitative estimate of drug-likeness (QED) is 0.175. The van der Waals surface area contributed by atoms with E-state index in [1.165, 1.54) is 18.2 Å². The predicted molar refractivity (Wildman–Crippen MR) is 150 cm³/mol. The van der Waals surface area contributed by atoms with Gasteiger partial charge in [0.25, 0.3) is 11.6 Å². The Kier molecular flexibility index (Phi) is 8.70. The predicted octanol–water partition coefficient (Wildman–Crippen LogP) is 6.52. The zero-order valence-corrected chi connectivity index (χ0v) is 22.2. The molecule has 0 aliphatic heterocycles. The molecule has 0 spiro atoms. The molecule has 39 heavy (non-hydrogen) atoms. The Hall–Kier alpha value is -4.53. The maximum atomic E-state index is 13.5. The van der Waals surface area contributed by atoms with Gasteiger partial charge in [-0.15, -0.1) is 0 Å². The lowest BCUT2D eigenvalue weighted by Crippen LogP contribution is -2.32. The number of nitrogens with one attached hydrogen (secondary N) is 1. The molecule has 1 unspecified atom stereocenters. The highest BCUT2D eigenvalue weighted by Gasteiger charge is 2.21. The summed E-state index contributed by atoms with van der Waals surface area (Å²) in [7, 11) is 1.63. The molecule has 1 aromatic heterocycles. The molecule has 1 N–H and O–H groups in total. The Balaban J connectivity index is 1.48. The van der Waals surface area contributed by atoms with Crippen molar-refractivity contribution in [1.29, 1.82) is 0 Å². The summed E-state index contributed by atoms with van der Waals surface area (Å²) in [5.74, 6) is 0.0599. The fourth-order valence-corrected chi connectivity index (χ4v) is 4.50. The Bertz CT molecular complexity index is 1480. The standard InChI is InChI=1S/C30H31FN4O4/c1-20-8-11-24(17-28(20)35(37)38)30(36)34(19-22-9-12-25(31)13-10-22)15-5-6-21(2)33-27-18-26(39-3)16-23-7-4-14-32-29(23)27/h4,7-14,16-18,21,33H,5-6,15,19H2,1-3H3. The summed E-state index contributed by atoms with van der Waals surface area (Å²) in [5, 5.41) is 15.9. The number of nitro benzene ring substituents is 1. The minimum atomic E-state index is -0.485. The number of aryl methyl sites for hydroxylation is 1. The molecule has 8 nitrogen and oxygen atoms in total. The number of carbonyl (C=O) groups is 1. The second-order valence-corrected chi connectivity index (χ2v) is 9.55. The third kappa shape index (κ3) is 6.87. The van der Waals surface area contributed by atoms with Crippen molar-refractivity contribution in [3.63, 3.8) is 0 Å². The fraction of sp³-hybridized carbons (Fsp3) is 0.267. The number of fused-ring (bicyclic) bond motifs is 1. The first-order valence-corrected chi connectivity index (χ1v) is 12.7. The van der Waals surface area contributed by atoms with Crippen LogP contribution in [-0.2, 0) is 6.54 Å². The number of benzene rings is 3. The van der Waals surface area contributed by atoms with Gasteiger partial charge in [-0.2, -0.15) is 0 Å². The number of ether oxygens (including phenoxy) is 1. The summed E-state index contributed by atoms with van der Waals surface area (Å²) in [6.45, 7) is 4.37. The van der Waals surface area contributed by atoms with Crippen molar-refractivity contribution in [3.8, 4) is 5.75 Å². The van der Waals surface area contributed by atoms with Crippen LogP contribution < -0.4 is 10.1 Å². The average molecular weight is 531 g/mol. The van der Waals surface area contributed by atoms with Crippen molar-refractivity contribution in [2.45, 2.75) is 39.3 Å². The van der Waals surface area contributed by atoms with Crippen LogP contribution in [0.4, 0.5) is 15.8 Å². The molecule has 0 saturated carbocycles. The van der Waals surface area contributed by atoms with Crippen LogP contribution in [0.2, 0.25) is 0 Å². The van der Waals surface area contributed by atoms with Crippen LogP contribution in [0.5, 0.6) is 5.75 Å². The van der Waals surface area contributed by atoms with Crippen molar-refractivity contribution < 1.29 is 18.8 Å². The summed E-state index contributed by atoms with van der Waals surface area (Å²) in [4.78, 5) is 30.6. The lowest BCUT2D eigenvalue weighted by atomic mass is 10.1. The molecule has 3 aromatic carbocycles. The first-order valence-electron chi connectivity index (χ1n) is 12.7. The van der Waals surface area contributed by atoms with Crippen LogP contribution in [0.25, 0.3) is 10.9 Å². The number of aromatic nitrogens is 1. The van der Waals surface area contributed by atoms with Crippen LogP contribution in [0.1, 0.15) is 41.3 Å². The molecular formula is C30H31FN4O4. The second-order valence-electron chi connectivity index (χ2n) is 9.55. The third-order valence-electron chi connectivity index (χ3n) is 6.61. The molecule has 0 aliphatic carbocycles. The summed E-state index contributed by atoms with van der Waals surface area (Å²) in [6, 6.07) is 18.3. The number of anilines is 1. The maximum Gasteiger partial charge on any atom is 0.273 e. The van der Waals surface area contributed by atoms with E-state index in [2.05, 4.69) is 17.2 Å². The van der Waals surface area contributed by atoms with Crippen LogP contribution >= 0.6 is 0 Å². The van der Waals surface area contributed by atoms with E-state index >= 15 is 0 Å². The minimum Gasteiger partial charge on any atom is -0.497 e. The Morgan fingerprint density at radius 3 is 2.64 bits per heavy atom.